The fourth-order valence-corrected chi connectivity index (χ4v) is 4.01. The van der Waals surface area contributed by atoms with Crippen LogP contribution < -0.4 is 0 Å². The van der Waals surface area contributed by atoms with Crippen molar-refractivity contribution in [1.82, 2.24) is 9.21 Å². The zero-order valence-electron chi connectivity index (χ0n) is 15.3. The lowest BCUT2D eigenvalue weighted by Gasteiger charge is -2.24. The molecule has 0 aliphatic carbocycles. The Hall–Kier alpha value is -1.83. The second kappa shape index (κ2) is 9.21. The van der Waals surface area contributed by atoms with Gasteiger partial charge in [0.1, 0.15) is 0 Å². The minimum atomic E-state index is -3.70. The van der Waals surface area contributed by atoms with Gasteiger partial charge in [-0.15, -0.1) is 11.8 Å². The average Bonchev–Trinajstić information content (AvgIpc) is 2.66. The van der Waals surface area contributed by atoms with Gasteiger partial charge in [-0.2, -0.15) is 4.31 Å². The van der Waals surface area contributed by atoms with Crippen molar-refractivity contribution in [3.05, 3.63) is 60.2 Å². The minimum Gasteiger partial charge on any atom is -0.338 e. The first-order chi connectivity index (χ1) is 12.4. The van der Waals surface area contributed by atoms with Gasteiger partial charge in [0, 0.05) is 25.0 Å². The molecule has 0 spiro atoms. The van der Waals surface area contributed by atoms with Crippen LogP contribution in [0.5, 0.6) is 0 Å². The third-order valence-corrected chi connectivity index (χ3v) is 6.64. The standard InChI is InChI=1S/C19H24N2O3S2/c1-4-21(14-16-8-6-5-7-9-16)19(22)15-20(2)26(23,24)18-12-10-17(25-3)11-13-18/h5-13H,4,14-15H2,1-3H3. The van der Waals surface area contributed by atoms with Gasteiger partial charge in [-0.25, -0.2) is 8.42 Å². The smallest absolute Gasteiger partial charge is 0.243 e. The molecule has 0 aliphatic heterocycles. The molecule has 0 radical (unpaired) electrons. The minimum absolute atomic E-state index is 0.187. The Morgan fingerprint density at radius 1 is 1.04 bits per heavy atom. The van der Waals surface area contributed by atoms with Crippen molar-refractivity contribution in [3.8, 4) is 0 Å². The summed E-state index contributed by atoms with van der Waals surface area (Å²) in [4.78, 5) is 15.4. The van der Waals surface area contributed by atoms with Gasteiger partial charge in [0.15, 0.2) is 0 Å². The molecule has 140 valence electrons. The van der Waals surface area contributed by atoms with Crippen LogP contribution in [0.1, 0.15) is 12.5 Å². The highest BCUT2D eigenvalue weighted by Gasteiger charge is 2.24. The third kappa shape index (κ3) is 5.09. The molecule has 0 fully saturated rings. The number of nitrogens with zero attached hydrogens (tertiary/aromatic N) is 2. The Labute approximate surface area is 160 Å². The Morgan fingerprint density at radius 3 is 2.19 bits per heavy atom. The van der Waals surface area contributed by atoms with E-state index in [2.05, 4.69) is 0 Å². The molecule has 0 unspecified atom stereocenters. The molecule has 7 heteroatoms. The number of sulfonamides is 1. The number of hydrogen-bond donors (Lipinski definition) is 0. The topological polar surface area (TPSA) is 57.7 Å². The molecule has 0 atom stereocenters. The second-order valence-electron chi connectivity index (χ2n) is 5.83. The van der Waals surface area contributed by atoms with Crippen molar-refractivity contribution < 1.29 is 13.2 Å². The summed E-state index contributed by atoms with van der Waals surface area (Å²) in [6.45, 7) is 2.68. The molecule has 0 N–H and O–H groups in total. The normalized spacial score (nSPS) is 11.5. The van der Waals surface area contributed by atoms with Crippen LogP contribution in [0.3, 0.4) is 0 Å². The lowest BCUT2D eigenvalue weighted by atomic mass is 10.2. The maximum absolute atomic E-state index is 12.7. The molecule has 0 aliphatic rings. The largest absolute Gasteiger partial charge is 0.338 e. The van der Waals surface area contributed by atoms with E-state index in [1.807, 2.05) is 43.5 Å². The van der Waals surface area contributed by atoms with Crippen LogP contribution in [-0.4, -0.2) is 49.9 Å². The van der Waals surface area contributed by atoms with E-state index < -0.39 is 10.0 Å². The fourth-order valence-electron chi connectivity index (χ4n) is 2.48. The number of rotatable bonds is 8. The summed E-state index contributed by atoms with van der Waals surface area (Å²) in [6, 6.07) is 16.3. The molecule has 1 amide bonds. The molecule has 2 aromatic carbocycles. The zero-order valence-corrected chi connectivity index (χ0v) is 16.9. The molecule has 0 heterocycles. The predicted molar refractivity (Wildman–Crippen MR) is 106 cm³/mol. The average molecular weight is 393 g/mol. The summed E-state index contributed by atoms with van der Waals surface area (Å²) in [7, 11) is -2.26. The molecule has 2 rings (SSSR count). The summed E-state index contributed by atoms with van der Waals surface area (Å²) >= 11 is 1.55. The first-order valence-electron chi connectivity index (χ1n) is 8.30. The van der Waals surface area contributed by atoms with Crippen LogP contribution in [0.25, 0.3) is 0 Å². The van der Waals surface area contributed by atoms with E-state index in [-0.39, 0.29) is 17.3 Å². The number of carbonyl (C=O) groups excluding carboxylic acids is 1. The molecule has 0 saturated heterocycles. The number of carbonyl (C=O) groups is 1. The Bertz CT molecular complexity index is 822. The Balaban J connectivity index is 2.08. The first-order valence-corrected chi connectivity index (χ1v) is 11.0. The molecule has 0 bridgehead atoms. The monoisotopic (exact) mass is 392 g/mol. The summed E-state index contributed by atoms with van der Waals surface area (Å²) in [5, 5.41) is 0. The van der Waals surface area contributed by atoms with E-state index in [4.69, 9.17) is 0 Å². The van der Waals surface area contributed by atoms with E-state index in [1.165, 1.54) is 7.05 Å². The van der Waals surface area contributed by atoms with Crippen LogP contribution in [0.2, 0.25) is 0 Å². The SMILES string of the molecule is CCN(Cc1ccccc1)C(=O)CN(C)S(=O)(=O)c1ccc(SC)cc1. The van der Waals surface area contributed by atoms with Crippen molar-refractivity contribution in [2.75, 3.05) is 26.4 Å². The highest BCUT2D eigenvalue weighted by Crippen LogP contribution is 2.20. The van der Waals surface area contributed by atoms with Crippen molar-refractivity contribution in [3.63, 3.8) is 0 Å². The van der Waals surface area contributed by atoms with Gasteiger partial charge in [0.05, 0.1) is 11.4 Å². The molecular weight excluding hydrogens is 368 g/mol. The maximum Gasteiger partial charge on any atom is 0.243 e. The fraction of sp³-hybridized carbons (Fsp3) is 0.316. The van der Waals surface area contributed by atoms with Crippen molar-refractivity contribution >= 4 is 27.7 Å². The maximum atomic E-state index is 12.7. The van der Waals surface area contributed by atoms with Crippen LogP contribution >= 0.6 is 11.8 Å². The van der Waals surface area contributed by atoms with Crippen LogP contribution in [0.4, 0.5) is 0 Å². The predicted octanol–water partition coefficient (Wildman–Crippen LogP) is 3.08. The van der Waals surface area contributed by atoms with Gasteiger partial charge < -0.3 is 4.90 Å². The molecule has 0 saturated carbocycles. The van der Waals surface area contributed by atoms with E-state index in [0.29, 0.717) is 13.1 Å². The molecule has 2 aromatic rings. The van der Waals surface area contributed by atoms with E-state index in [0.717, 1.165) is 14.8 Å². The van der Waals surface area contributed by atoms with Crippen molar-refractivity contribution in [2.24, 2.45) is 0 Å². The Kier molecular flexibility index (Phi) is 7.25. The zero-order chi connectivity index (χ0) is 19.2. The molecule has 0 aromatic heterocycles. The Morgan fingerprint density at radius 2 is 1.65 bits per heavy atom. The van der Waals surface area contributed by atoms with E-state index >= 15 is 0 Å². The quantitative estimate of drug-likeness (QED) is 0.648. The molecule has 26 heavy (non-hydrogen) atoms. The van der Waals surface area contributed by atoms with Gasteiger partial charge in [-0.05, 0) is 43.0 Å². The van der Waals surface area contributed by atoms with E-state index in [9.17, 15) is 13.2 Å². The summed E-state index contributed by atoms with van der Waals surface area (Å²) in [5.74, 6) is -0.219. The summed E-state index contributed by atoms with van der Waals surface area (Å²) < 4.78 is 26.5. The third-order valence-electron chi connectivity index (χ3n) is 4.08. The van der Waals surface area contributed by atoms with Gasteiger partial charge in [-0.3, -0.25) is 4.79 Å². The van der Waals surface area contributed by atoms with Crippen molar-refractivity contribution in [1.29, 1.82) is 0 Å². The number of likely N-dealkylation sites (N-methyl/N-ethyl adjacent to an activating group) is 2. The van der Waals surface area contributed by atoms with Gasteiger partial charge in [0.25, 0.3) is 0 Å². The van der Waals surface area contributed by atoms with Gasteiger partial charge >= 0.3 is 0 Å². The van der Waals surface area contributed by atoms with E-state index in [1.54, 1.807) is 40.9 Å². The first kappa shape index (κ1) is 20.5. The van der Waals surface area contributed by atoms with Crippen LogP contribution in [0.15, 0.2) is 64.4 Å². The number of benzene rings is 2. The van der Waals surface area contributed by atoms with Gasteiger partial charge in [-0.1, -0.05) is 30.3 Å². The number of amides is 1. The molecule has 5 nitrogen and oxygen atoms in total. The summed E-state index contributed by atoms with van der Waals surface area (Å²) in [5.41, 5.74) is 1.01. The summed E-state index contributed by atoms with van der Waals surface area (Å²) in [6.07, 6.45) is 1.93. The highest BCUT2D eigenvalue weighted by molar-refractivity contribution is 7.98. The van der Waals surface area contributed by atoms with Crippen LogP contribution in [0, 0.1) is 0 Å². The number of hydrogen-bond acceptors (Lipinski definition) is 4. The second-order valence-corrected chi connectivity index (χ2v) is 8.75. The van der Waals surface area contributed by atoms with Gasteiger partial charge in [0.2, 0.25) is 15.9 Å². The lowest BCUT2D eigenvalue weighted by molar-refractivity contribution is -0.131. The molecular formula is C19H24N2O3S2. The lowest BCUT2D eigenvalue weighted by Crippen LogP contribution is -2.40. The van der Waals surface area contributed by atoms with Crippen molar-refractivity contribution in [2.45, 2.75) is 23.3 Å². The van der Waals surface area contributed by atoms with Crippen LogP contribution in [-0.2, 0) is 21.4 Å². The number of thioether (sulfide) groups is 1. The highest BCUT2D eigenvalue weighted by atomic mass is 32.2.